The van der Waals surface area contributed by atoms with Gasteiger partial charge in [0.15, 0.2) is 11.6 Å². The van der Waals surface area contributed by atoms with Gasteiger partial charge in [-0.25, -0.2) is 4.39 Å². The summed E-state index contributed by atoms with van der Waals surface area (Å²) in [6.45, 7) is 2.53. The third-order valence-electron chi connectivity index (χ3n) is 4.65. The van der Waals surface area contributed by atoms with Gasteiger partial charge in [0, 0.05) is 37.8 Å². The minimum atomic E-state index is -4.61. The molecule has 1 heterocycles. The summed E-state index contributed by atoms with van der Waals surface area (Å²) in [5.74, 6) is -1.49. The lowest BCUT2D eigenvalue weighted by atomic mass is 9.92. The Bertz CT molecular complexity index is 576. The minimum Gasteiger partial charge on any atom is -0.505 e. The summed E-state index contributed by atoms with van der Waals surface area (Å²) in [5.41, 5.74) is -1.23. The maximum Gasteiger partial charge on any atom is 0.416 e. The van der Waals surface area contributed by atoms with Crippen molar-refractivity contribution < 1.29 is 22.7 Å². The fraction of sp³-hybridized carbons (Fsp3) is 0.625. The van der Waals surface area contributed by atoms with Crippen LogP contribution in [-0.2, 0) is 6.18 Å². The Balaban J connectivity index is 0.00000156. The van der Waals surface area contributed by atoms with Crippen LogP contribution < -0.4 is 5.32 Å². The first-order valence-corrected chi connectivity index (χ1v) is 7.91. The molecule has 0 amide bonds. The molecule has 9 heteroatoms. The number of piperazine rings is 1. The number of alkyl halides is 3. The van der Waals surface area contributed by atoms with Gasteiger partial charge >= 0.3 is 6.18 Å². The first-order valence-electron chi connectivity index (χ1n) is 7.91. The van der Waals surface area contributed by atoms with E-state index in [4.69, 9.17) is 0 Å². The first kappa shape index (κ1) is 22.3. The van der Waals surface area contributed by atoms with E-state index in [9.17, 15) is 22.7 Å². The van der Waals surface area contributed by atoms with Crippen LogP contribution in [0.4, 0.5) is 17.6 Å². The quantitative estimate of drug-likeness (QED) is 0.740. The average molecular weight is 405 g/mol. The molecule has 0 radical (unpaired) electrons. The van der Waals surface area contributed by atoms with Crippen LogP contribution in [-0.4, -0.2) is 36.2 Å². The Hall–Kier alpha value is -0.760. The standard InChI is InChI=1S/C16H20F4N2O.2ClH/c17-12-4-3-11(16(18,19)20)14(15(12)23)13(9-10-1-2-10)22-7-5-21-6-8-22;;/h3-4,10,13,21,23H,1-2,5-9H2;2*1H/t13-;;/m1../s1. The number of hydrogen-bond acceptors (Lipinski definition) is 3. The molecule has 2 N–H and O–H groups in total. The number of benzene rings is 1. The Morgan fingerprint density at radius 3 is 2.28 bits per heavy atom. The van der Waals surface area contributed by atoms with E-state index in [-0.39, 0.29) is 30.4 Å². The van der Waals surface area contributed by atoms with Crippen molar-refractivity contribution in [1.82, 2.24) is 10.2 Å². The highest BCUT2D eigenvalue weighted by Crippen LogP contribution is 2.47. The largest absolute Gasteiger partial charge is 0.505 e. The molecule has 3 rings (SSSR count). The molecular formula is C16H22Cl2F4N2O. The van der Waals surface area contributed by atoms with Crippen LogP contribution in [0, 0.1) is 11.7 Å². The number of aromatic hydroxyl groups is 1. The van der Waals surface area contributed by atoms with Gasteiger partial charge in [-0.1, -0.05) is 12.8 Å². The van der Waals surface area contributed by atoms with Gasteiger partial charge in [-0.3, -0.25) is 4.90 Å². The summed E-state index contributed by atoms with van der Waals surface area (Å²) < 4.78 is 53.9. The van der Waals surface area contributed by atoms with Crippen molar-refractivity contribution in [3.63, 3.8) is 0 Å². The van der Waals surface area contributed by atoms with Gasteiger partial charge in [-0.05, 0) is 24.5 Å². The van der Waals surface area contributed by atoms with Crippen LogP contribution in [0.1, 0.15) is 36.4 Å². The molecule has 2 aliphatic rings. The predicted octanol–water partition coefficient (Wildman–Crippen LogP) is 4.14. The number of phenols is 1. The van der Waals surface area contributed by atoms with Gasteiger partial charge in [-0.2, -0.15) is 13.2 Å². The fourth-order valence-electron chi connectivity index (χ4n) is 3.28. The number of nitrogens with zero attached hydrogens (tertiary/aromatic N) is 1. The van der Waals surface area contributed by atoms with E-state index in [1.54, 1.807) is 0 Å². The van der Waals surface area contributed by atoms with E-state index in [0.29, 0.717) is 44.6 Å². The molecule has 1 aliphatic heterocycles. The normalized spacial score (nSPS) is 19.7. The van der Waals surface area contributed by atoms with Crippen LogP contribution in [0.15, 0.2) is 12.1 Å². The molecule has 1 saturated heterocycles. The molecule has 1 aliphatic carbocycles. The van der Waals surface area contributed by atoms with Crippen LogP contribution in [0.25, 0.3) is 0 Å². The van der Waals surface area contributed by atoms with Gasteiger partial charge in [0.2, 0.25) is 0 Å². The van der Waals surface area contributed by atoms with Crippen molar-refractivity contribution in [2.45, 2.75) is 31.5 Å². The number of hydrogen-bond donors (Lipinski definition) is 2. The van der Waals surface area contributed by atoms with Crippen molar-refractivity contribution in [1.29, 1.82) is 0 Å². The summed E-state index contributed by atoms with van der Waals surface area (Å²) in [6, 6.07) is 0.831. The topological polar surface area (TPSA) is 35.5 Å². The molecule has 1 aromatic carbocycles. The highest BCUT2D eigenvalue weighted by atomic mass is 35.5. The van der Waals surface area contributed by atoms with Gasteiger partial charge in [0.25, 0.3) is 0 Å². The second kappa shape index (κ2) is 8.75. The number of nitrogens with one attached hydrogen (secondary N) is 1. The van der Waals surface area contributed by atoms with Crippen LogP contribution in [0.3, 0.4) is 0 Å². The fourth-order valence-corrected chi connectivity index (χ4v) is 3.28. The molecule has 0 bridgehead atoms. The van der Waals surface area contributed by atoms with Gasteiger partial charge in [-0.15, -0.1) is 24.8 Å². The zero-order valence-corrected chi connectivity index (χ0v) is 15.1. The highest BCUT2D eigenvalue weighted by molar-refractivity contribution is 5.85. The molecular weight excluding hydrogens is 383 g/mol. The van der Waals surface area contributed by atoms with Crippen molar-refractivity contribution in [2.75, 3.05) is 26.2 Å². The zero-order valence-electron chi connectivity index (χ0n) is 13.5. The molecule has 0 aromatic heterocycles. The van der Waals surface area contributed by atoms with E-state index >= 15 is 0 Å². The third-order valence-corrected chi connectivity index (χ3v) is 4.65. The lowest BCUT2D eigenvalue weighted by molar-refractivity contribution is -0.139. The molecule has 0 unspecified atom stereocenters. The number of halogens is 6. The first-order chi connectivity index (χ1) is 10.9. The maximum atomic E-state index is 13.8. The smallest absolute Gasteiger partial charge is 0.416 e. The Morgan fingerprint density at radius 2 is 1.76 bits per heavy atom. The number of phenolic OH excluding ortho intramolecular Hbond substituents is 1. The second-order valence-electron chi connectivity index (χ2n) is 6.34. The van der Waals surface area contributed by atoms with Gasteiger partial charge < -0.3 is 10.4 Å². The lowest BCUT2D eigenvalue weighted by Gasteiger charge is -2.36. The van der Waals surface area contributed by atoms with Crippen molar-refractivity contribution >= 4 is 24.8 Å². The minimum absolute atomic E-state index is 0. The summed E-state index contributed by atoms with van der Waals surface area (Å²) in [5, 5.41) is 13.2. The van der Waals surface area contributed by atoms with Crippen LogP contribution in [0.5, 0.6) is 5.75 Å². The van der Waals surface area contributed by atoms with E-state index in [2.05, 4.69) is 5.32 Å². The summed E-state index contributed by atoms with van der Waals surface area (Å²) >= 11 is 0. The molecule has 1 aromatic rings. The summed E-state index contributed by atoms with van der Waals surface area (Å²) in [4.78, 5) is 1.93. The van der Waals surface area contributed by atoms with E-state index in [0.717, 1.165) is 18.9 Å². The highest BCUT2D eigenvalue weighted by Gasteiger charge is 2.41. The van der Waals surface area contributed by atoms with E-state index in [1.165, 1.54) is 0 Å². The molecule has 144 valence electrons. The maximum absolute atomic E-state index is 13.8. The van der Waals surface area contributed by atoms with Gasteiger partial charge in [0.05, 0.1) is 5.56 Å². The predicted molar refractivity (Wildman–Crippen MR) is 92.1 cm³/mol. The van der Waals surface area contributed by atoms with Crippen LogP contribution in [0.2, 0.25) is 0 Å². The number of rotatable bonds is 4. The monoisotopic (exact) mass is 404 g/mol. The third kappa shape index (κ3) is 5.12. The molecule has 1 saturated carbocycles. The summed E-state index contributed by atoms with van der Waals surface area (Å²) in [6.07, 6.45) is -2.11. The van der Waals surface area contributed by atoms with Crippen LogP contribution >= 0.6 is 24.8 Å². The molecule has 1 atom stereocenters. The second-order valence-corrected chi connectivity index (χ2v) is 6.34. The van der Waals surface area contributed by atoms with Crippen molar-refractivity contribution in [3.8, 4) is 5.75 Å². The summed E-state index contributed by atoms with van der Waals surface area (Å²) in [7, 11) is 0. The van der Waals surface area contributed by atoms with Crippen molar-refractivity contribution in [2.24, 2.45) is 5.92 Å². The van der Waals surface area contributed by atoms with Crippen molar-refractivity contribution in [3.05, 3.63) is 29.1 Å². The Labute approximate surface area is 156 Å². The molecule has 25 heavy (non-hydrogen) atoms. The zero-order chi connectivity index (χ0) is 16.6. The SMILES string of the molecule is Cl.Cl.Oc1c(F)ccc(C(F)(F)F)c1[C@@H](CC1CC1)N1CCNCC1. The Kier molecular flexibility index (Phi) is 7.80. The molecule has 0 spiro atoms. The Morgan fingerprint density at radius 1 is 1.16 bits per heavy atom. The van der Waals surface area contributed by atoms with Gasteiger partial charge in [0.1, 0.15) is 0 Å². The van der Waals surface area contributed by atoms with E-state index in [1.807, 2.05) is 4.90 Å². The average Bonchev–Trinajstić information content (AvgIpc) is 3.32. The van der Waals surface area contributed by atoms with E-state index < -0.39 is 29.3 Å². The molecule has 2 fully saturated rings. The lowest BCUT2D eigenvalue weighted by Crippen LogP contribution is -2.45. The molecule has 3 nitrogen and oxygen atoms in total.